The van der Waals surface area contributed by atoms with Crippen LogP contribution in [-0.4, -0.2) is 42.0 Å². The van der Waals surface area contributed by atoms with Crippen molar-refractivity contribution < 1.29 is 9.21 Å². The molecule has 1 N–H and O–H groups in total. The highest BCUT2D eigenvalue weighted by molar-refractivity contribution is 5.86. The average Bonchev–Trinajstić information content (AvgIpc) is 3.07. The van der Waals surface area contributed by atoms with Crippen LogP contribution in [0.5, 0.6) is 0 Å². The van der Waals surface area contributed by atoms with Crippen LogP contribution in [0.4, 0.5) is 5.69 Å². The van der Waals surface area contributed by atoms with E-state index in [1.165, 1.54) is 5.56 Å². The van der Waals surface area contributed by atoms with Crippen LogP contribution in [0.2, 0.25) is 0 Å². The maximum atomic E-state index is 12.5. The predicted molar refractivity (Wildman–Crippen MR) is 100 cm³/mol. The Kier molecular flexibility index (Phi) is 4.48. The molecule has 0 aliphatic carbocycles. The molecular formula is C20H21N3O3. The molecule has 2 aromatic carbocycles. The number of para-hydroxylation sites is 1. The first-order valence-corrected chi connectivity index (χ1v) is 8.89. The summed E-state index contributed by atoms with van der Waals surface area (Å²) in [6, 6.07) is 15.8. The minimum absolute atomic E-state index is 0.194. The van der Waals surface area contributed by atoms with Crippen molar-refractivity contribution in [3.8, 4) is 0 Å². The molecule has 0 bridgehead atoms. The number of nitrogens with zero attached hydrogens (tertiary/aromatic N) is 2. The summed E-state index contributed by atoms with van der Waals surface area (Å²) in [6.45, 7) is 2.81. The van der Waals surface area contributed by atoms with Gasteiger partial charge in [-0.3, -0.25) is 9.78 Å². The van der Waals surface area contributed by atoms with Gasteiger partial charge in [-0.2, -0.15) is 0 Å². The second-order valence-electron chi connectivity index (χ2n) is 6.52. The quantitative estimate of drug-likeness (QED) is 0.784. The normalized spacial score (nSPS) is 14.8. The Hall–Kier alpha value is -3.02. The van der Waals surface area contributed by atoms with Gasteiger partial charge in [-0.05, 0) is 24.1 Å². The van der Waals surface area contributed by atoms with Crippen LogP contribution in [0.3, 0.4) is 0 Å². The summed E-state index contributed by atoms with van der Waals surface area (Å²) in [5, 5.41) is 0. The maximum absolute atomic E-state index is 12.5. The molecule has 0 saturated carbocycles. The number of benzene rings is 2. The summed E-state index contributed by atoms with van der Waals surface area (Å²) < 4.78 is 5.28. The highest BCUT2D eigenvalue weighted by atomic mass is 16.4. The summed E-state index contributed by atoms with van der Waals surface area (Å²) in [7, 11) is 0. The van der Waals surface area contributed by atoms with E-state index in [9.17, 15) is 9.59 Å². The van der Waals surface area contributed by atoms with Gasteiger partial charge in [-0.25, -0.2) is 4.79 Å². The molecule has 0 radical (unpaired) electrons. The third-order valence-electron chi connectivity index (χ3n) is 4.87. The van der Waals surface area contributed by atoms with Gasteiger partial charge in [0.25, 0.3) is 0 Å². The highest BCUT2D eigenvalue weighted by Gasteiger charge is 2.23. The van der Waals surface area contributed by atoms with Gasteiger partial charge in [0.15, 0.2) is 5.58 Å². The van der Waals surface area contributed by atoms with E-state index in [-0.39, 0.29) is 5.91 Å². The molecule has 0 atom stereocenters. The number of aromatic nitrogens is 1. The number of rotatable bonds is 4. The standard InChI is InChI=1S/C20H21N3O3/c24-18(10-9-15-5-2-1-3-6-15)23-13-11-22(12-14-23)17-8-4-7-16-19(17)26-20(25)21-16/h1-8H,9-14H2,(H,21,25). The molecular weight excluding hydrogens is 330 g/mol. The molecule has 3 aromatic rings. The van der Waals surface area contributed by atoms with Crippen molar-refractivity contribution in [3.05, 3.63) is 64.6 Å². The molecule has 0 spiro atoms. The number of hydrogen-bond donors (Lipinski definition) is 1. The molecule has 1 fully saturated rings. The van der Waals surface area contributed by atoms with Crippen molar-refractivity contribution in [2.24, 2.45) is 0 Å². The predicted octanol–water partition coefficient (Wildman–Crippen LogP) is 2.40. The SMILES string of the molecule is O=C(CCc1ccccc1)N1CCN(c2cccc3[nH]c(=O)oc23)CC1. The fraction of sp³-hybridized carbons (Fsp3) is 0.300. The van der Waals surface area contributed by atoms with Crippen molar-refractivity contribution in [1.29, 1.82) is 0 Å². The molecule has 1 aromatic heterocycles. The number of carbonyl (C=O) groups is 1. The van der Waals surface area contributed by atoms with E-state index in [0.717, 1.165) is 25.2 Å². The Bertz CT molecular complexity index is 953. The summed E-state index contributed by atoms with van der Waals surface area (Å²) in [6.07, 6.45) is 1.31. The lowest BCUT2D eigenvalue weighted by atomic mass is 10.1. The van der Waals surface area contributed by atoms with Crippen LogP contribution in [0, 0.1) is 0 Å². The Morgan fingerprint density at radius 1 is 1.00 bits per heavy atom. The summed E-state index contributed by atoms with van der Waals surface area (Å²) in [5.74, 6) is -0.248. The number of nitrogens with one attached hydrogen (secondary N) is 1. The number of aryl methyl sites for hydroxylation is 1. The van der Waals surface area contributed by atoms with Crippen molar-refractivity contribution in [2.75, 3.05) is 31.1 Å². The van der Waals surface area contributed by atoms with E-state index in [4.69, 9.17) is 4.42 Å². The minimum atomic E-state index is -0.442. The van der Waals surface area contributed by atoms with Gasteiger partial charge in [-0.15, -0.1) is 0 Å². The molecule has 6 heteroatoms. The second-order valence-corrected chi connectivity index (χ2v) is 6.52. The van der Waals surface area contributed by atoms with E-state index in [2.05, 4.69) is 22.0 Å². The molecule has 0 unspecified atom stereocenters. The number of piperazine rings is 1. The van der Waals surface area contributed by atoms with Crippen LogP contribution in [0.15, 0.2) is 57.7 Å². The number of oxazole rings is 1. The minimum Gasteiger partial charge on any atom is -0.406 e. The van der Waals surface area contributed by atoms with E-state index in [1.54, 1.807) is 0 Å². The van der Waals surface area contributed by atoms with Gasteiger partial charge < -0.3 is 14.2 Å². The Labute approximate surface area is 151 Å². The number of amides is 1. The van der Waals surface area contributed by atoms with E-state index in [1.807, 2.05) is 41.3 Å². The smallest absolute Gasteiger partial charge is 0.406 e. The van der Waals surface area contributed by atoms with Gasteiger partial charge in [-0.1, -0.05) is 36.4 Å². The lowest BCUT2D eigenvalue weighted by Gasteiger charge is -2.36. The fourth-order valence-corrected chi connectivity index (χ4v) is 3.46. The van der Waals surface area contributed by atoms with Gasteiger partial charge in [0.2, 0.25) is 5.91 Å². The number of anilines is 1. The Morgan fingerprint density at radius 3 is 2.54 bits per heavy atom. The number of aromatic amines is 1. The number of fused-ring (bicyclic) bond motifs is 1. The van der Waals surface area contributed by atoms with Gasteiger partial charge in [0.05, 0.1) is 11.2 Å². The Balaban J connectivity index is 1.37. The number of H-pyrrole nitrogens is 1. The summed E-state index contributed by atoms with van der Waals surface area (Å²) in [4.78, 5) is 30.7. The summed E-state index contributed by atoms with van der Waals surface area (Å²) in [5.41, 5.74) is 3.38. The largest absolute Gasteiger partial charge is 0.417 e. The van der Waals surface area contributed by atoms with E-state index in [0.29, 0.717) is 30.6 Å². The molecule has 1 amide bonds. The van der Waals surface area contributed by atoms with Crippen LogP contribution < -0.4 is 10.7 Å². The van der Waals surface area contributed by atoms with Crippen LogP contribution in [-0.2, 0) is 11.2 Å². The molecule has 134 valence electrons. The zero-order chi connectivity index (χ0) is 17.9. The van der Waals surface area contributed by atoms with Crippen LogP contribution in [0.1, 0.15) is 12.0 Å². The molecule has 1 aliphatic rings. The van der Waals surface area contributed by atoms with E-state index < -0.39 is 5.76 Å². The first-order valence-electron chi connectivity index (χ1n) is 8.89. The first-order chi connectivity index (χ1) is 12.7. The monoisotopic (exact) mass is 351 g/mol. The van der Waals surface area contributed by atoms with Crippen LogP contribution in [0.25, 0.3) is 11.1 Å². The van der Waals surface area contributed by atoms with Crippen molar-refractivity contribution in [1.82, 2.24) is 9.88 Å². The highest BCUT2D eigenvalue weighted by Crippen LogP contribution is 2.26. The van der Waals surface area contributed by atoms with Crippen molar-refractivity contribution in [2.45, 2.75) is 12.8 Å². The van der Waals surface area contributed by atoms with E-state index >= 15 is 0 Å². The second kappa shape index (κ2) is 7.07. The van der Waals surface area contributed by atoms with Crippen LogP contribution >= 0.6 is 0 Å². The van der Waals surface area contributed by atoms with Crippen molar-refractivity contribution >= 4 is 22.7 Å². The molecule has 1 aliphatic heterocycles. The topological polar surface area (TPSA) is 69.6 Å². The van der Waals surface area contributed by atoms with Gasteiger partial charge >= 0.3 is 5.76 Å². The Morgan fingerprint density at radius 2 is 1.77 bits per heavy atom. The maximum Gasteiger partial charge on any atom is 0.417 e. The van der Waals surface area contributed by atoms with Crippen molar-refractivity contribution in [3.63, 3.8) is 0 Å². The molecule has 26 heavy (non-hydrogen) atoms. The number of hydrogen-bond acceptors (Lipinski definition) is 4. The lowest BCUT2D eigenvalue weighted by molar-refractivity contribution is -0.131. The summed E-state index contributed by atoms with van der Waals surface area (Å²) >= 11 is 0. The lowest BCUT2D eigenvalue weighted by Crippen LogP contribution is -2.48. The van der Waals surface area contributed by atoms with Gasteiger partial charge in [0.1, 0.15) is 0 Å². The third-order valence-corrected chi connectivity index (χ3v) is 4.87. The fourth-order valence-electron chi connectivity index (χ4n) is 3.46. The third kappa shape index (κ3) is 3.35. The van der Waals surface area contributed by atoms with Gasteiger partial charge in [0, 0.05) is 32.6 Å². The number of carbonyl (C=O) groups excluding carboxylic acids is 1. The molecule has 6 nitrogen and oxygen atoms in total. The zero-order valence-corrected chi connectivity index (χ0v) is 14.5. The zero-order valence-electron chi connectivity index (χ0n) is 14.5. The first kappa shape index (κ1) is 16.4. The average molecular weight is 351 g/mol. The molecule has 4 rings (SSSR count). The molecule has 1 saturated heterocycles. The molecule has 2 heterocycles.